The van der Waals surface area contributed by atoms with Crippen LogP contribution in [-0.4, -0.2) is 0 Å². The Hall–Kier alpha value is -0.367. The first-order valence-corrected chi connectivity index (χ1v) is 3.56. The molecule has 0 bridgehead atoms. The number of benzene rings is 1. The molecule has 1 aliphatic carbocycles. The Balaban J connectivity index is -0.000000302. The number of hydrogen-bond acceptors (Lipinski definition) is 0. The van der Waals surface area contributed by atoms with E-state index in [1.165, 1.54) is 11.1 Å². The number of rotatable bonds is 0. The van der Waals surface area contributed by atoms with Crippen LogP contribution in [-0.2, 0) is 26.2 Å². The van der Waals surface area contributed by atoms with Crippen LogP contribution in [0.15, 0.2) is 24.3 Å². The summed E-state index contributed by atoms with van der Waals surface area (Å²) in [6, 6.07) is 8.44. The second-order valence-corrected chi connectivity index (χ2v) is 2.66. The maximum Gasteiger partial charge on any atom is 4.00 e. The van der Waals surface area contributed by atoms with Gasteiger partial charge in [0.25, 0.3) is 0 Å². The molecule has 0 radical (unpaired) electrons. The van der Waals surface area contributed by atoms with Crippen molar-refractivity contribution in [3.05, 3.63) is 41.5 Å². The minimum Gasteiger partial charge on any atom is -1.00 e. The number of halogens is 3. The van der Waals surface area contributed by atoms with Crippen LogP contribution < -0.4 is 14.1 Å². The molecule has 74 valence electrons. The van der Waals surface area contributed by atoms with Crippen molar-refractivity contribution in [2.45, 2.75) is 12.8 Å². The van der Waals surface area contributed by atoms with Gasteiger partial charge in [-0.25, -0.2) is 6.08 Å². The zero-order chi connectivity index (χ0) is 6.97. The first kappa shape index (κ1) is 19.2. The normalized spacial score (nSPS) is 15.1. The van der Waals surface area contributed by atoms with Crippen molar-refractivity contribution in [2.75, 3.05) is 0 Å². The van der Waals surface area contributed by atoms with E-state index in [2.05, 4.69) is 43.3 Å². The van der Waals surface area contributed by atoms with E-state index in [1.807, 2.05) is 0 Å². The fourth-order valence-electron chi connectivity index (χ4n) is 1.34. The molecule has 0 N–H and O–H groups in total. The molecule has 4 heteroatoms. The number of hydrogen-bond donors (Lipinski definition) is 0. The third-order valence-corrected chi connectivity index (χ3v) is 1.95. The molecule has 0 aromatic heterocycles. The molecular weight excluding hydrogens is 268 g/mol. The zero-order valence-corrected chi connectivity index (χ0v) is 10.1. The predicted octanol–water partition coefficient (Wildman–Crippen LogP) is -6.37. The average Bonchev–Trinajstić information content (AvgIpc) is 2.34. The van der Waals surface area contributed by atoms with Crippen LogP contribution in [0.5, 0.6) is 0 Å². The Labute approximate surface area is 101 Å². The fourth-order valence-corrected chi connectivity index (χ4v) is 1.34. The number of fused-ring (bicyclic) bond motifs is 1. The molecule has 0 heterocycles. The molecule has 1 unspecified atom stereocenters. The van der Waals surface area contributed by atoms with Gasteiger partial charge >= 0.3 is 26.2 Å². The van der Waals surface area contributed by atoms with Gasteiger partial charge in [0.05, 0.1) is 0 Å². The van der Waals surface area contributed by atoms with Crippen LogP contribution in [0.3, 0.4) is 0 Å². The van der Waals surface area contributed by atoms with Gasteiger partial charge in [0, 0.05) is 0 Å². The summed E-state index contributed by atoms with van der Waals surface area (Å²) in [6.07, 6.45) is 5.33. The SMILES string of the molecule is CC1[C-]=Cc2ccccc21.[F-].[F-].[F-].[Zr+4]. The molecule has 2 rings (SSSR count). The quantitative estimate of drug-likeness (QED) is 0.414. The van der Waals surface area contributed by atoms with E-state index in [-0.39, 0.29) is 40.3 Å². The minimum atomic E-state index is 0. The van der Waals surface area contributed by atoms with E-state index in [0.717, 1.165) is 0 Å². The summed E-state index contributed by atoms with van der Waals surface area (Å²) in [5.74, 6) is 0.496. The Kier molecular flexibility index (Phi) is 11.0. The Morgan fingerprint density at radius 2 is 1.64 bits per heavy atom. The molecule has 0 aliphatic heterocycles. The predicted molar refractivity (Wildman–Crippen MR) is 42.6 cm³/mol. The first-order valence-electron chi connectivity index (χ1n) is 3.56. The number of allylic oxidation sites excluding steroid dienone is 1. The summed E-state index contributed by atoms with van der Waals surface area (Å²) in [5, 5.41) is 0. The van der Waals surface area contributed by atoms with Gasteiger partial charge in [-0.1, -0.05) is 31.0 Å². The van der Waals surface area contributed by atoms with Gasteiger partial charge in [0.15, 0.2) is 0 Å². The van der Waals surface area contributed by atoms with Crippen molar-refractivity contribution in [3.8, 4) is 0 Å². The van der Waals surface area contributed by atoms with E-state index < -0.39 is 0 Å². The summed E-state index contributed by atoms with van der Waals surface area (Å²) in [5.41, 5.74) is 2.73. The third-order valence-electron chi connectivity index (χ3n) is 1.95. The van der Waals surface area contributed by atoms with Crippen LogP contribution in [0.2, 0.25) is 0 Å². The van der Waals surface area contributed by atoms with E-state index in [1.54, 1.807) is 0 Å². The molecule has 0 saturated carbocycles. The molecule has 14 heavy (non-hydrogen) atoms. The average molecular weight is 277 g/mol. The zero-order valence-electron chi connectivity index (χ0n) is 7.60. The summed E-state index contributed by atoms with van der Waals surface area (Å²) in [4.78, 5) is 0. The summed E-state index contributed by atoms with van der Waals surface area (Å²) >= 11 is 0. The molecule has 0 spiro atoms. The maximum atomic E-state index is 3.26. The molecule has 1 aromatic rings. The largest absolute Gasteiger partial charge is 4.00 e. The topological polar surface area (TPSA) is 0 Å². The smallest absolute Gasteiger partial charge is 1.00 e. The van der Waals surface area contributed by atoms with E-state index >= 15 is 0 Å². The van der Waals surface area contributed by atoms with Crippen molar-refractivity contribution in [2.24, 2.45) is 0 Å². The summed E-state index contributed by atoms with van der Waals surface area (Å²) in [6.45, 7) is 2.17. The van der Waals surface area contributed by atoms with Gasteiger partial charge in [-0.15, -0.1) is 11.6 Å². The maximum absolute atomic E-state index is 3.26. The van der Waals surface area contributed by atoms with Crippen molar-refractivity contribution in [1.29, 1.82) is 0 Å². The van der Waals surface area contributed by atoms with Crippen LogP contribution in [0.4, 0.5) is 0 Å². The monoisotopic (exact) mass is 276 g/mol. The molecule has 0 amide bonds. The summed E-state index contributed by atoms with van der Waals surface area (Å²) in [7, 11) is 0. The van der Waals surface area contributed by atoms with Crippen LogP contribution >= 0.6 is 0 Å². The third kappa shape index (κ3) is 3.41. The fraction of sp³-hybridized carbons (Fsp3) is 0.200. The van der Waals surface area contributed by atoms with Crippen molar-refractivity contribution < 1.29 is 40.3 Å². The summed E-state index contributed by atoms with van der Waals surface area (Å²) < 4.78 is 0. The molecule has 1 aromatic carbocycles. The Morgan fingerprint density at radius 3 is 2.21 bits per heavy atom. The molecule has 0 fully saturated rings. The van der Waals surface area contributed by atoms with Gasteiger partial charge in [0.2, 0.25) is 0 Å². The van der Waals surface area contributed by atoms with Gasteiger partial charge in [0.1, 0.15) is 0 Å². The minimum absolute atomic E-state index is 0. The Bertz CT molecular complexity index is 286. The molecule has 0 nitrogen and oxygen atoms in total. The molecular formula is C10H9F3Zr. The van der Waals surface area contributed by atoms with E-state index in [4.69, 9.17) is 0 Å². The van der Waals surface area contributed by atoms with Crippen LogP contribution in [0.25, 0.3) is 6.08 Å². The van der Waals surface area contributed by atoms with E-state index in [9.17, 15) is 0 Å². The molecule has 1 atom stereocenters. The van der Waals surface area contributed by atoms with Gasteiger partial charge in [-0.05, 0) is 0 Å². The van der Waals surface area contributed by atoms with Crippen molar-refractivity contribution >= 4 is 6.08 Å². The van der Waals surface area contributed by atoms with Gasteiger partial charge in [-0.2, -0.15) is 5.56 Å². The van der Waals surface area contributed by atoms with Crippen LogP contribution in [0, 0.1) is 6.08 Å². The second kappa shape index (κ2) is 7.98. The molecule has 1 aliphatic rings. The standard InChI is InChI=1S/C10H9.3FH.Zr/c1-8-6-7-9-4-2-3-5-10(8)9;;;;/h2-5,7-8H,1H3;3*1H;/q-1;;;;+4/p-3. The van der Waals surface area contributed by atoms with Gasteiger partial charge < -0.3 is 14.1 Å². The first-order chi connectivity index (χ1) is 4.88. The molecule has 0 saturated heterocycles. The van der Waals surface area contributed by atoms with Gasteiger partial charge in [-0.3, -0.25) is 6.08 Å². The van der Waals surface area contributed by atoms with Crippen LogP contribution in [0.1, 0.15) is 24.0 Å². The van der Waals surface area contributed by atoms with E-state index in [0.29, 0.717) is 5.92 Å². The Morgan fingerprint density at radius 1 is 1.07 bits per heavy atom. The van der Waals surface area contributed by atoms with Crippen molar-refractivity contribution in [1.82, 2.24) is 0 Å². The second-order valence-electron chi connectivity index (χ2n) is 2.66. The van der Waals surface area contributed by atoms with Crippen molar-refractivity contribution in [3.63, 3.8) is 0 Å².